The minimum Gasteiger partial charge on any atom is -0.465 e. The molecule has 2 aliphatic heterocycles. The van der Waals surface area contributed by atoms with Crippen molar-refractivity contribution in [2.75, 3.05) is 38.5 Å². The van der Waals surface area contributed by atoms with Gasteiger partial charge in [0.05, 0.1) is 17.9 Å². The summed E-state index contributed by atoms with van der Waals surface area (Å²) in [4.78, 5) is 56.2. The number of carbonyl (C=O) groups is 4. The van der Waals surface area contributed by atoms with E-state index in [1.165, 1.54) is 11.3 Å². The lowest BCUT2D eigenvalue weighted by Crippen LogP contribution is -2.49. The van der Waals surface area contributed by atoms with Gasteiger partial charge in [0.15, 0.2) is 0 Å². The van der Waals surface area contributed by atoms with E-state index in [1.807, 2.05) is 38.3 Å². The fraction of sp³-hybridized carbons (Fsp3) is 0.758. The maximum atomic E-state index is 13.7. The van der Waals surface area contributed by atoms with Gasteiger partial charge in [-0.25, -0.2) is 4.79 Å². The number of carbonyl (C=O) groups excluding carboxylic acids is 4. The molecule has 0 aromatic carbocycles. The highest BCUT2D eigenvalue weighted by Crippen LogP contribution is 2.32. The normalized spacial score (nSPS) is 20.8. The molecule has 3 rings (SSSR count). The fourth-order valence-corrected chi connectivity index (χ4v) is 7.78. The molecule has 0 saturated carbocycles. The molecule has 3 heterocycles. The third-order valence-corrected chi connectivity index (χ3v) is 9.87. The Hall–Kier alpha value is -2.31. The number of nitrogens with zero attached hydrogens (tertiary/aromatic N) is 2. The van der Waals surface area contributed by atoms with Crippen molar-refractivity contribution >= 4 is 47.0 Å². The Morgan fingerprint density at radius 2 is 1.73 bits per heavy atom. The van der Waals surface area contributed by atoms with Crippen molar-refractivity contribution in [1.29, 1.82) is 0 Å². The zero-order valence-electron chi connectivity index (χ0n) is 28.1. The first-order chi connectivity index (χ1) is 21.1. The number of amides is 2. The standard InChI is InChI=1S/C33H53N3O7S2/c1-8-41-30(39)25(13-10-9-12-23-15-17-35(18-16-23)31(40)43-33(5,6)7)34-27-20-36(21-28(37)42-32(2,3)4)29(38)24(22-45-27)26-14-11-19-44-26/h11,14,19,23-25,27,34H,8-10,12-13,15-18,20-22H2,1-7H3/t24-,25-,27+/m1/s1. The number of thioether (sulfide) groups is 1. The van der Waals surface area contributed by atoms with Gasteiger partial charge in [-0.3, -0.25) is 19.7 Å². The van der Waals surface area contributed by atoms with Crippen LogP contribution in [0.25, 0.3) is 0 Å². The topological polar surface area (TPSA) is 114 Å². The van der Waals surface area contributed by atoms with Crippen LogP contribution in [0.3, 0.4) is 0 Å². The lowest BCUT2D eigenvalue weighted by atomic mass is 9.91. The van der Waals surface area contributed by atoms with Crippen LogP contribution in [0.4, 0.5) is 4.79 Å². The number of likely N-dealkylation sites (tertiary alicyclic amines) is 1. The Bertz CT molecular complexity index is 1110. The molecule has 10 nitrogen and oxygen atoms in total. The first-order valence-electron chi connectivity index (χ1n) is 16.2. The molecule has 0 bridgehead atoms. The molecule has 0 aliphatic carbocycles. The summed E-state index contributed by atoms with van der Waals surface area (Å²) in [5.74, 6) is -0.147. The van der Waals surface area contributed by atoms with Gasteiger partial charge in [0.25, 0.3) is 0 Å². The van der Waals surface area contributed by atoms with Crippen molar-refractivity contribution in [3.05, 3.63) is 22.4 Å². The molecule has 12 heteroatoms. The average Bonchev–Trinajstić information content (AvgIpc) is 3.42. The number of unbranched alkanes of at least 4 members (excludes halogenated alkanes) is 1. The molecule has 2 amide bonds. The molecule has 2 fully saturated rings. The Morgan fingerprint density at radius 1 is 1.04 bits per heavy atom. The number of nitrogens with one attached hydrogen (secondary N) is 1. The van der Waals surface area contributed by atoms with Crippen LogP contribution in [0, 0.1) is 5.92 Å². The van der Waals surface area contributed by atoms with Gasteiger partial charge in [0, 0.05) is 30.3 Å². The van der Waals surface area contributed by atoms with E-state index in [1.54, 1.807) is 49.3 Å². The molecule has 0 radical (unpaired) electrons. The summed E-state index contributed by atoms with van der Waals surface area (Å²) in [7, 11) is 0. The van der Waals surface area contributed by atoms with E-state index in [2.05, 4.69) is 5.32 Å². The SMILES string of the molecule is CCOC(=O)[C@@H](CCCCC1CCN(C(=O)OC(C)(C)C)CC1)N[C@@H]1CN(CC(=O)OC(C)(C)C)C(=O)[C@@H](c2cccs2)CS1. The van der Waals surface area contributed by atoms with Crippen LogP contribution in [0.2, 0.25) is 0 Å². The Kier molecular flexibility index (Phi) is 14.0. The second-order valence-electron chi connectivity index (χ2n) is 13.9. The van der Waals surface area contributed by atoms with Crippen LogP contribution in [0.1, 0.15) is 97.8 Å². The molecule has 1 N–H and O–H groups in total. The highest BCUT2D eigenvalue weighted by molar-refractivity contribution is 8.00. The van der Waals surface area contributed by atoms with E-state index in [0.717, 1.165) is 37.0 Å². The molecular formula is C33H53N3O7S2. The molecule has 3 atom stereocenters. The number of hydrogen-bond acceptors (Lipinski definition) is 10. The molecule has 2 saturated heterocycles. The molecule has 0 unspecified atom stereocenters. The second-order valence-corrected chi connectivity index (χ2v) is 16.1. The van der Waals surface area contributed by atoms with Crippen LogP contribution in [-0.2, 0) is 28.6 Å². The van der Waals surface area contributed by atoms with Crippen molar-refractivity contribution in [3.63, 3.8) is 0 Å². The summed E-state index contributed by atoms with van der Waals surface area (Å²) in [6, 6.07) is 3.36. The van der Waals surface area contributed by atoms with Gasteiger partial charge in [0.1, 0.15) is 23.8 Å². The molecule has 2 aliphatic rings. The monoisotopic (exact) mass is 667 g/mol. The summed E-state index contributed by atoms with van der Waals surface area (Å²) >= 11 is 3.13. The molecule has 1 aromatic rings. The van der Waals surface area contributed by atoms with Gasteiger partial charge in [0.2, 0.25) is 5.91 Å². The Morgan fingerprint density at radius 3 is 2.33 bits per heavy atom. The van der Waals surface area contributed by atoms with Gasteiger partial charge < -0.3 is 24.0 Å². The quantitative estimate of drug-likeness (QED) is 0.168. The van der Waals surface area contributed by atoms with Crippen molar-refractivity contribution in [3.8, 4) is 0 Å². The second kappa shape index (κ2) is 17.0. The van der Waals surface area contributed by atoms with Gasteiger partial charge in [-0.2, -0.15) is 0 Å². The van der Waals surface area contributed by atoms with Crippen LogP contribution in [-0.4, -0.2) is 94.9 Å². The van der Waals surface area contributed by atoms with Crippen molar-refractivity contribution in [2.24, 2.45) is 5.92 Å². The molecule has 45 heavy (non-hydrogen) atoms. The molecular weight excluding hydrogens is 615 g/mol. The minimum absolute atomic E-state index is 0.106. The van der Waals surface area contributed by atoms with Gasteiger partial charge in [-0.15, -0.1) is 23.1 Å². The third kappa shape index (κ3) is 12.8. The van der Waals surface area contributed by atoms with E-state index in [-0.39, 0.29) is 49.0 Å². The lowest BCUT2D eigenvalue weighted by molar-refractivity contribution is -0.159. The Labute approximate surface area is 277 Å². The smallest absolute Gasteiger partial charge is 0.410 e. The first kappa shape index (κ1) is 37.2. The first-order valence-corrected chi connectivity index (χ1v) is 18.1. The number of rotatable bonds is 12. The fourth-order valence-electron chi connectivity index (χ4n) is 5.56. The Balaban J connectivity index is 1.57. The number of esters is 2. The van der Waals surface area contributed by atoms with E-state index in [4.69, 9.17) is 14.2 Å². The highest BCUT2D eigenvalue weighted by atomic mass is 32.2. The maximum absolute atomic E-state index is 13.7. The summed E-state index contributed by atoms with van der Waals surface area (Å²) < 4.78 is 16.5. The van der Waals surface area contributed by atoms with Crippen LogP contribution >= 0.6 is 23.1 Å². The summed E-state index contributed by atoms with van der Waals surface area (Å²) in [5.41, 5.74) is -1.15. The molecule has 0 spiro atoms. The third-order valence-electron chi connectivity index (χ3n) is 7.67. The number of hydrogen-bond donors (Lipinski definition) is 1. The predicted molar refractivity (Wildman–Crippen MR) is 178 cm³/mol. The van der Waals surface area contributed by atoms with Crippen LogP contribution in [0.15, 0.2) is 17.5 Å². The van der Waals surface area contributed by atoms with E-state index < -0.39 is 23.2 Å². The van der Waals surface area contributed by atoms with E-state index in [0.29, 0.717) is 31.2 Å². The van der Waals surface area contributed by atoms with E-state index >= 15 is 0 Å². The predicted octanol–water partition coefficient (Wildman–Crippen LogP) is 5.80. The molecule has 1 aromatic heterocycles. The average molecular weight is 668 g/mol. The van der Waals surface area contributed by atoms with Crippen LogP contribution in [0.5, 0.6) is 0 Å². The summed E-state index contributed by atoms with van der Waals surface area (Å²) in [6.45, 7) is 14.7. The van der Waals surface area contributed by atoms with E-state index in [9.17, 15) is 19.2 Å². The maximum Gasteiger partial charge on any atom is 0.410 e. The van der Waals surface area contributed by atoms with Crippen molar-refractivity contribution in [1.82, 2.24) is 15.1 Å². The largest absolute Gasteiger partial charge is 0.465 e. The molecule has 254 valence electrons. The lowest BCUT2D eigenvalue weighted by Gasteiger charge is -2.33. The van der Waals surface area contributed by atoms with Gasteiger partial charge >= 0.3 is 18.0 Å². The van der Waals surface area contributed by atoms with Crippen molar-refractivity contribution in [2.45, 2.75) is 116 Å². The summed E-state index contributed by atoms with van der Waals surface area (Å²) in [6.07, 6.45) is 5.12. The summed E-state index contributed by atoms with van der Waals surface area (Å²) in [5, 5.41) is 5.18. The zero-order chi connectivity index (χ0) is 33.2. The number of piperidine rings is 1. The number of thiophene rings is 1. The van der Waals surface area contributed by atoms with Crippen molar-refractivity contribution < 1.29 is 33.4 Å². The van der Waals surface area contributed by atoms with Gasteiger partial charge in [-0.05, 0) is 85.1 Å². The number of ether oxygens (including phenoxy) is 3. The van der Waals surface area contributed by atoms with Crippen LogP contribution < -0.4 is 5.32 Å². The minimum atomic E-state index is -0.657. The highest BCUT2D eigenvalue weighted by Gasteiger charge is 2.36. The zero-order valence-corrected chi connectivity index (χ0v) is 29.7. The van der Waals surface area contributed by atoms with Gasteiger partial charge in [-0.1, -0.05) is 25.3 Å².